The quantitative estimate of drug-likeness (QED) is 0.749. The number of furan rings is 1. The van der Waals surface area contributed by atoms with E-state index in [1.54, 1.807) is 6.07 Å². The van der Waals surface area contributed by atoms with Gasteiger partial charge in [0.25, 0.3) is 0 Å². The molecule has 0 aliphatic rings. The predicted octanol–water partition coefficient (Wildman–Crippen LogP) is 4.63. The molecule has 2 N–H and O–H groups in total. The Morgan fingerprint density at radius 3 is 2.60 bits per heavy atom. The van der Waals surface area contributed by atoms with Crippen LogP contribution >= 0.6 is 23.2 Å². The molecule has 102 valence electrons. The van der Waals surface area contributed by atoms with Crippen LogP contribution in [0.2, 0.25) is 10.2 Å². The fourth-order valence-corrected chi connectivity index (χ4v) is 2.37. The summed E-state index contributed by atoms with van der Waals surface area (Å²) >= 11 is 12.0. The number of rotatable bonds is 2. The lowest BCUT2D eigenvalue weighted by Gasteiger charge is -2.04. The molecule has 0 amide bonds. The molecule has 3 rings (SSSR count). The Labute approximate surface area is 122 Å². The van der Waals surface area contributed by atoms with Gasteiger partial charge in [-0.3, -0.25) is 0 Å². The molecule has 0 fully saturated rings. The van der Waals surface area contributed by atoms with E-state index in [1.807, 2.05) is 0 Å². The Morgan fingerprint density at radius 2 is 1.95 bits per heavy atom. The molecule has 0 atom stereocenters. The van der Waals surface area contributed by atoms with Crippen LogP contribution in [-0.2, 0) is 0 Å². The van der Waals surface area contributed by atoms with Gasteiger partial charge in [0.15, 0.2) is 0 Å². The first-order chi connectivity index (χ1) is 9.58. The van der Waals surface area contributed by atoms with Crippen molar-refractivity contribution in [3.05, 3.63) is 46.6 Å². The van der Waals surface area contributed by atoms with Crippen molar-refractivity contribution in [1.29, 1.82) is 0 Å². The van der Waals surface area contributed by atoms with Crippen LogP contribution < -0.4 is 5.73 Å². The van der Waals surface area contributed by atoms with Crippen molar-refractivity contribution in [2.45, 2.75) is 0 Å². The van der Waals surface area contributed by atoms with Crippen molar-refractivity contribution in [2.75, 3.05) is 5.73 Å². The van der Waals surface area contributed by atoms with Crippen LogP contribution in [0.25, 0.3) is 22.4 Å². The van der Waals surface area contributed by atoms with Gasteiger partial charge in [-0.25, -0.2) is 4.39 Å². The summed E-state index contributed by atoms with van der Waals surface area (Å²) in [5, 5.41) is 4.21. The molecular weight excluding hydrogens is 306 g/mol. The number of nitrogens with two attached hydrogens (primary N) is 1. The number of hydrogen-bond donors (Lipinski definition) is 1. The van der Waals surface area contributed by atoms with E-state index < -0.39 is 5.82 Å². The van der Waals surface area contributed by atoms with Gasteiger partial charge in [0, 0.05) is 5.56 Å². The van der Waals surface area contributed by atoms with Crippen molar-refractivity contribution >= 4 is 29.1 Å². The highest BCUT2D eigenvalue weighted by atomic mass is 35.5. The van der Waals surface area contributed by atoms with Gasteiger partial charge in [-0.15, -0.1) is 0 Å². The summed E-state index contributed by atoms with van der Waals surface area (Å²) in [7, 11) is 0. The Kier molecular flexibility index (Phi) is 3.16. The van der Waals surface area contributed by atoms with Crippen LogP contribution in [0.5, 0.6) is 0 Å². The molecule has 20 heavy (non-hydrogen) atoms. The van der Waals surface area contributed by atoms with E-state index in [9.17, 15) is 4.39 Å². The third kappa shape index (κ3) is 2.05. The SMILES string of the molecule is Nc1onc(-c2ccoc2Cl)c1-c1ccc(F)cc1Cl. The van der Waals surface area contributed by atoms with Crippen LogP contribution in [0, 0.1) is 5.82 Å². The summed E-state index contributed by atoms with van der Waals surface area (Å²) in [4.78, 5) is 0. The highest BCUT2D eigenvalue weighted by Crippen LogP contribution is 2.41. The van der Waals surface area contributed by atoms with E-state index in [4.69, 9.17) is 37.9 Å². The molecule has 0 bridgehead atoms. The van der Waals surface area contributed by atoms with E-state index in [2.05, 4.69) is 5.16 Å². The number of aromatic nitrogens is 1. The summed E-state index contributed by atoms with van der Waals surface area (Å²) in [5.74, 6) is -0.387. The minimum Gasteiger partial charge on any atom is -0.452 e. The molecule has 2 aromatic heterocycles. The lowest BCUT2D eigenvalue weighted by molar-refractivity contribution is 0.439. The van der Waals surface area contributed by atoms with Crippen molar-refractivity contribution in [1.82, 2.24) is 5.16 Å². The Morgan fingerprint density at radius 1 is 1.15 bits per heavy atom. The van der Waals surface area contributed by atoms with Crippen LogP contribution in [0.1, 0.15) is 0 Å². The lowest BCUT2D eigenvalue weighted by atomic mass is 10.0. The van der Waals surface area contributed by atoms with Gasteiger partial charge >= 0.3 is 0 Å². The standard InChI is InChI=1S/C13H7Cl2FN2O2/c14-9-5-6(16)1-2-7(9)10-11(18-20-13(10)17)8-3-4-19-12(8)15/h1-5H,17H2. The molecule has 2 heterocycles. The van der Waals surface area contributed by atoms with E-state index in [-0.39, 0.29) is 16.1 Å². The second kappa shape index (κ2) is 4.85. The first-order valence-electron chi connectivity index (χ1n) is 5.52. The van der Waals surface area contributed by atoms with Crippen LogP contribution in [0.15, 0.2) is 39.5 Å². The summed E-state index contributed by atoms with van der Waals surface area (Å²) in [6.45, 7) is 0. The average molecular weight is 313 g/mol. The van der Waals surface area contributed by atoms with Crippen LogP contribution in [0.3, 0.4) is 0 Å². The van der Waals surface area contributed by atoms with Gasteiger partial charge in [0.2, 0.25) is 11.1 Å². The normalized spacial score (nSPS) is 10.9. The van der Waals surface area contributed by atoms with E-state index >= 15 is 0 Å². The van der Waals surface area contributed by atoms with Crippen molar-refractivity contribution in [3.8, 4) is 22.4 Å². The molecule has 7 heteroatoms. The summed E-state index contributed by atoms with van der Waals surface area (Å²) < 4.78 is 23.1. The topological polar surface area (TPSA) is 65.2 Å². The minimum absolute atomic E-state index is 0.0609. The fraction of sp³-hybridized carbons (Fsp3) is 0. The molecule has 0 radical (unpaired) electrons. The number of nitrogens with zero attached hydrogens (tertiary/aromatic N) is 1. The Hall–Kier alpha value is -1.98. The zero-order valence-corrected chi connectivity index (χ0v) is 11.4. The van der Waals surface area contributed by atoms with Gasteiger partial charge in [-0.2, -0.15) is 0 Å². The van der Waals surface area contributed by atoms with Gasteiger partial charge in [0.05, 0.1) is 22.4 Å². The second-order valence-corrected chi connectivity index (χ2v) is 4.75. The van der Waals surface area contributed by atoms with E-state index in [1.165, 1.54) is 24.5 Å². The molecule has 0 aliphatic heterocycles. The van der Waals surface area contributed by atoms with E-state index in [0.29, 0.717) is 22.4 Å². The summed E-state index contributed by atoms with van der Waals surface area (Å²) in [5.41, 5.74) is 7.62. The molecule has 0 aliphatic carbocycles. The molecular formula is C13H7Cl2FN2O2. The number of anilines is 1. The van der Waals surface area contributed by atoms with E-state index in [0.717, 1.165) is 0 Å². The summed E-state index contributed by atoms with van der Waals surface area (Å²) in [6, 6.07) is 5.58. The molecule has 0 unspecified atom stereocenters. The van der Waals surface area contributed by atoms with Crippen molar-refractivity contribution in [3.63, 3.8) is 0 Å². The minimum atomic E-state index is -0.448. The monoisotopic (exact) mass is 312 g/mol. The fourth-order valence-electron chi connectivity index (χ4n) is 1.90. The Bertz CT molecular complexity index is 783. The predicted molar refractivity (Wildman–Crippen MR) is 74.0 cm³/mol. The maximum absolute atomic E-state index is 13.1. The first kappa shape index (κ1) is 13.0. The van der Waals surface area contributed by atoms with Crippen molar-refractivity contribution in [2.24, 2.45) is 0 Å². The smallest absolute Gasteiger partial charge is 0.230 e. The third-order valence-electron chi connectivity index (χ3n) is 2.79. The zero-order valence-electron chi connectivity index (χ0n) is 9.86. The molecule has 0 saturated carbocycles. The number of hydrogen-bond acceptors (Lipinski definition) is 4. The molecule has 4 nitrogen and oxygen atoms in total. The average Bonchev–Trinajstić information content (AvgIpc) is 2.96. The molecule has 0 spiro atoms. The van der Waals surface area contributed by atoms with Crippen molar-refractivity contribution < 1.29 is 13.3 Å². The van der Waals surface area contributed by atoms with Gasteiger partial charge in [0.1, 0.15) is 11.5 Å². The number of nitrogen functional groups attached to an aromatic ring is 1. The van der Waals surface area contributed by atoms with Gasteiger partial charge in [-0.05, 0) is 35.9 Å². The summed E-state index contributed by atoms with van der Waals surface area (Å²) in [6.07, 6.45) is 1.42. The second-order valence-electron chi connectivity index (χ2n) is 4.00. The van der Waals surface area contributed by atoms with Crippen LogP contribution in [-0.4, -0.2) is 5.16 Å². The maximum Gasteiger partial charge on any atom is 0.230 e. The highest BCUT2D eigenvalue weighted by Gasteiger charge is 2.22. The number of benzene rings is 1. The Balaban J connectivity index is 2.24. The third-order valence-corrected chi connectivity index (χ3v) is 3.40. The highest BCUT2D eigenvalue weighted by molar-refractivity contribution is 6.34. The molecule has 0 saturated heterocycles. The maximum atomic E-state index is 13.1. The molecule has 1 aromatic carbocycles. The largest absolute Gasteiger partial charge is 0.452 e. The molecule has 3 aromatic rings. The number of halogens is 3. The zero-order chi connectivity index (χ0) is 14.3. The van der Waals surface area contributed by atoms with Gasteiger partial charge < -0.3 is 14.7 Å². The van der Waals surface area contributed by atoms with Crippen LogP contribution in [0.4, 0.5) is 10.3 Å². The van der Waals surface area contributed by atoms with Gasteiger partial charge in [-0.1, -0.05) is 16.8 Å². The lowest BCUT2D eigenvalue weighted by Crippen LogP contribution is -1.89. The first-order valence-corrected chi connectivity index (χ1v) is 6.27.